The number of benzene rings is 2. The highest BCUT2D eigenvalue weighted by Gasteiger charge is 2.16. The molecule has 0 radical (unpaired) electrons. The van der Waals surface area contributed by atoms with Crippen molar-refractivity contribution in [3.8, 4) is 5.75 Å². The Bertz CT molecular complexity index is 1100. The van der Waals surface area contributed by atoms with Gasteiger partial charge in [0.25, 0.3) is 5.91 Å². The molecule has 1 amide bonds. The van der Waals surface area contributed by atoms with Crippen LogP contribution >= 0.6 is 11.3 Å². The van der Waals surface area contributed by atoms with Crippen molar-refractivity contribution in [1.29, 1.82) is 0 Å². The predicted molar refractivity (Wildman–Crippen MR) is 110 cm³/mol. The molecule has 2 heterocycles. The molecule has 0 atom stereocenters. The third-order valence-corrected chi connectivity index (χ3v) is 5.53. The molecule has 0 bridgehead atoms. The van der Waals surface area contributed by atoms with E-state index in [4.69, 9.17) is 9.26 Å². The number of carbonyl (C=O) groups is 1. The van der Waals surface area contributed by atoms with Crippen molar-refractivity contribution in [2.75, 3.05) is 0 Å². The molecule has 0 aliphatic carbocycles. The predicted octanol–water partition coefficient (Wildman–Crippen LogP) is 5.02. The summed E-state index contributed by atoms with van der Waals surface area (Å²) in [6.45, 7) is 4.52. The molecule has 142 valence electrons. The molecule has 0 aliphatic heterocycles. The maximum absolute atomic E-state index is 12.9. The number of rotatable bonds is 6. The summed E-state index contributed by atoms with van der Waals surface area (Å²) in [4.78, 5) is 14.0. The standard InChI is InChI=1S/C22H20N2O3S/c1-14-20(15(2)27-24-14)13-26-21-11-17-7-4-3-6-16(17)10-19(21)22(25)23-12-18-8-5-9-28-18/h3-11H,12-13H2,1-2H3,(H,23,25). The molecule has 4 aromatic rings. The van der Waals surface area contributed by atoms with Crippen molar-refractivity contribution in [3.05, 3.63) is 81.4 Å². The van der Waals surface area contributed by atoms with Gasteiger partial charge in [0.05, 0.1) is 23.4 Å². The number of nitrogens with one attached hydrogen (secondary N) is 1. The smallest absolute Gasteiger partial charge is 0.255 e. The Kier molecular flexibility index (Phi) is 5.12. The summed E-state index contributed by atoms with van der Waals surface area (Å²) in [5, 5.41) is 11.0. The number of aromatic nitrogens is 1. The maximum atomic E-state index is 12.9. The van der Waals surface area contributed by atoms with Crippen molar-refractivity contribution in [2.45, 2.75) is 27.0 Å². The topological polar surface area (TPSA) is 64.4 Å². The number of hydrogen-bond acceptors (Lipinski definition) is 5. The Morgan fingerprint density at radius 3 is 2.61 bits per heavy atom. The monoisotopic (exact) mass is 392 g/mol. The number of amides is 1. The first-order chi connectivity index (χ1) is 13.6. The van der Waals surface area contributed by atoms with Gasteiger partial charge in [0.1, 0.15) is 18.1 Å². The van der Waals surface area contributed by atoms with Crippen molar-refractivity contribution in [1.82, 2.24) is 10.5 Å². The molecular weight excluding hydrogens is 372 g/mol. The Hall–Kier alpha value is -3.12. The molecule has 0 saturated heterocycles. The van der Waals surface area contributed by atoms with Crippen LogP contribution in [0.2, 0.25) is 0 Å². The lowest BCUT2D eigenvalue weighted by atomic mass is 10.1. The summed E-state index contributed by atoms with van der Waals surface area (Å²) in [5.41, 5.74) is 2.21. The Morgan fingerprint density at radius 2 is 1.93 bits per heavy atom. The number of carbonyl (C=O) groups excluding carboxylic acids is 1. The van der Waals surface area contributed by atoms with Crippen LogP contribution in [0.15, 0.2) is 58.4 Å². The molecule has 2 aromatic carbocycles. The maximum Gasteiger partial charge on any atom is 0.255 e. The molecule has 6 heteroatoms. The molecule has 0 saturated carbocycles. The second-order valence-corrected chi connectivity index (χ2v) is 7.58. The van der Waals surface area contributed by atoms with E-state index in [1.165, 1.54) is 0 Å². The minimum absolute atomic E-state index is 0.159. The van der Waals surface area contributed by atoms with Crippen LogP contribution in [0.25, 0.3) is 10.8 Å². The third-order valence-electron chi connectivity index (χ3n) is 4.65. The number of thiophene rings is 1. The largest absolute Gasteiger partial charge is 0.488 e. The van der Waals surface area contributed by atoms with E-state index in [0.717, 1.165) is 32.7 Å². The average Bonchev–Trinajstić information content (AvgIpc) is 3.34. The van der Waals surface area contributed by atoms with Crippen LogP contribution in [0.5, 0.6) is 5.75 Å². The van der Waals surface area contributed by atoms with Crippen molar-refractivity contribution in [3.63, 3.8) is 0 Å². The van der Waals surface area contributed by atoms with Gasteiger partial charge < -0.3 is 14.6 Å². The molecule has 0 aliphatic rings. The summed E-state index contributed by atoms with van der Waals surface area (Å²) in [6.07, 6.45) is 0. The van der Waals surface area contributed by atoms with E-state index in [1.807, 2.05) is 67.8 Å². The minimum atomic E-state index is -0.159. The van der Waals surface area contributed by atoms with Gasteiger partial charge in [-0.3, -0.25) is 4.79 Å². The molecule has 4 rings (SSSR count). The molecule has 5 nitrogen and oxygen atoms in total. The zero-order valence-corrected chi connectivity index (χ0v) is 16.5. The first-order valence-electron chi connectivity index (χ1n) is 9.00. The van der Waals surface area contributed by atoms with Gasteiger partial charge in [0.15, 0.2) is 0 Å². The lowest BCUT2D eigenvalue weighted by molar-refractivity contribution is 0.0947. The van der Waals surface area contributed by atoms with Crippen LogP contribution in [-0.4, -0.2) is 11.1 Å². The zero-order chi connectivity index (χ0) is 19.5. The first-order valence-corrected chi connectivity index (χ1v) is 9.87. The lowest BCUT2D eigenvalue weighted by Crippen LogP contribution is -2.23. The zero-order valence-electron chi connectivity index (χ0n) is 15.7. The van der Waals surface area contributed by atoms with Crippen molar-refractivity contribution < 1.29 is 14.1 Å². The Balaban J connectivity index is 1.63. The second-order valence-electron chi connectivity index (χ2n) is 6.55. The molecule has 0 spiro atoms. The van der Waals surface area contributed by atoms with Crippen molar-refractivity contribution in [2.24, 2.45) is 0 Å². The molecule has 28 heavy (non-hydrogen) atoms. The quantitative estimate of drug-likeness (QED) is 0.501. The highest BCUT2D eigenvalue weighted by atomic mass is 32.1. The highest BCUT2D eigenvalue weighted by Crippen LogP contribution is 2.28. The third kappa shape index (κ3) is 3.77. The van der Waals surface area contributed by atoms with Gasteiger partial charge in [0.2, 0.25) is 0 Å². The molecular formula is C22H20N2O3S. The van der Waals surface area contributed by atoms with Crippen LogP contribution in [0.3, 0.4) is 0 Å². The number of hydrogen-bond donors (Lipinski definition) is 1. The van der Waals surface area contributed by atoms with E-state index < -0.39 is 0 Å². The van der Waals surface area contributed by atoms with E-state index >= 15 is 0 Å². The van der Waals surface area contributed by atoms with Crippen molar-refractivity contribution >= 4 is 28.0 Å². The lowest BCUT2D eigenvalue weighted by Gasteiger charge is -2.13. The molecule has 1 N–H and O–H groups in total. The van der Waals surface area contributed by atoms with Crippen LogP contribution in [-0.2, 0) is 13.2 Å². The average molecular weight is 392 g/mol. The van der Waals surface area contributed by atoms with Crippen LogP contribution in [0, 0.1) is 13.8 Å². The fraction of sp³-hybridized carbons (Fsp3) is 0.182. The van der Waals surface area contributed by atoms with Crippen LogP contribution in [0.1, 0.15) is 32.3 Å². The van der Waals surface area contributed by atoms with Gasteiger partial charge in [-0.05, 0) is 48.2 Å². The number of fused-ring (bicyclic) bond motifs is 1. The van der Waals surface area contributed by atoms with Gasteiger partial charge in [0, 0.05) is 4.88 Å². The van der Waals surface area contributed by atoms with E-state index in [-0.39, 0.29) is 5.91 Å². The van der Waals surface area contributed by atoms with Crippen LogP contribution < -0.4 is 10.1 Å². The van der Waals surface area contributed by atoms with E-state index in [0.29, 0.717) is 24.5 Å². The van der Waals surface area contributed by atoms with Crippen LogP contribution in [0.4, 0.5) is 0 Å². The summed E-state index contributed by atoms with van der Waals surface area (Å²) in [5.74, 6) is 1.11. The summed E-state index contributed by atoms with van der Waals surface area (Å²) >= 11 is 1.62. The fourth-order valence-corrected chi connectivity index (χ4v) is 3.69. The van der Waals surface area contributed by atoms with Gasteiger partial charge in [-0.1, -0.05) is 35.5 Å². The highest BCUT2D eigenvalue weighted by molar-refractivity contribution is 7.09. The first kappa shape index (κ1) is 18.3. The molecule has 0 fully saturated rings. The van der Waals surface area contributed by atoms with Gasteiger partial charge in [-0.25, -0.2) is 0 Å². The minimum Gasteiger partial charge on any atom is -0.488 e. The Labute approximate surface area is 166 Å². The second kappa shape index (κ2) is 7.86. The van der Waals surface area contributed by atoms with Gasteiger partial charge in [-0.15, -0.1) is 11.3 Å². The SMILES string of the molecule is Cc1noc(C)c1COc1cc2ccccc2cc1C(=O)NCc1cccs1. The fourth-order valence-electron chi connectivity index (χ4n) is 3.05. The number of nitrogens with zero attached hydrogens (tertiary/aromatic N) is 1. The number of ether oxygens (including phenoxy) is 1. The summed E-state index contributed by atoms with van der Waals surface area (Å²) in [7, 11) is 0. The van der Waals surface area contributed by atoms with E-state index in [9.17, 15) is 4.79 Å². The molecule has 2 aromatic heterocycles. The van der Waals surface area contributed by atoms with Gasteiger partial charge in [-0.2, -0.15) is 0 Å². The summed E-state index contributed by atoms with van der Waals surface area (Å²) in [6, 6.07) is 15.7. The molecule has 0 unspecified atom stereocenters. The number of aryl methyl sites for hydroxylation is 2. The van der Waals surface area contributed by atoms with E-state index in [2.05, 4.69) is 10.5 Å². The normalized spacial score (nSPS) is 10.9. The van der Waals surface area contributed by atoms with Gasteiger partial charge >= 0.3 is 0 Å². The van der Waals surface area contributed by atoms with E-state index in [1.54, 1.807) is 11.3 Å². The Morgan fingerprint density at radius 1 is 1.14 bits per heavy atom. The summed E-state index contributed by atoms with van der Waals surface area (Å²) < 4.78 is 11.3.